The Kier molecular flexibility index (Phi) is 2.23. The number of aromatic nitrogens is 1. The van der Waals surface area contributed by atoms with Crippen LogP contribution in [0.2, 0.25) is 0 Å². The lowest BCUT2D eigenvalue weighted by molar-refractivity contribution is 1.33. The first-order valence-corrected chi connectivity index (χ1v) is 5.33. The van der Waals surface area contributed by atoms with Gasteiger partial charge in [-0.2, -0.15) is 0 Å². The van der Waals surface area contributed by atoms with E-state index < -0.39 is 0 Å². The molecule has 0 aliphatic rings. The van der Waals surface area contributed by atoms with E-state index in [2.05, 4.69) is 35.3 Å². The highest BCUT2D eigenvalue weighted by Gasteiger charge is 1.94. The third kappa shape index (κ3) is 1.84. The molecule has 0 aliphatic heterocycles. The minimum Gasteiger partial charge on any atom is -0.264 e. The van der Waals surface area contributed by atoms with E-state index in [1.54, 1.807) is 6.20 Å². The highest BCUT2D eigenvalue weighted by atomic mass is 28.1. The van der Waals surface area contributed by atoms with Gasteiger partial charge in [-0.3, -0.25) is 4.98 Å². The number of hydrogen-bond acceptors (Lipinski definition) is 1. The SMILES string of the molecule is [SiH3]c1ccc(-c2cccnc2)cc1. The van der Waals surface area contributed by atoms with Crippen LogP contribution < -0.4 is 5.19 Å². The van der Waals surface area contributed by atoms with Crippen molar-refractivity contribution >= 4 is 15.4 Å². The van der Waals surface area contributed by atoms with E-state index >= 15 is 0 Å². The Morgan fingerprint density at radius 1 is 0.923 bits per heavy atom. The molecule has 0 saturated carbocycles. The van der Waals surface area contributed by atoms with Crippen LogP contribution in [-0.2, 0) is 0 Å². The Labute approximate surface area is 80.9 Å². The molecular weight excluding hydrogens is 174 g/mol. The molecule has 0 amide bonds. The lowest BCUT2D eigenvalue weighted by Gasteiger charge is -2.00. The van der Waals surface area contributed by atoms with Gasteiger partial charge in [-0.15, -0.1) is 0 Å². The Balaban J connectivity index is 2.42. The zero-order chi connectivity index (χ0) is 9.10. The molecule has 0 unspecified atom stereocenters. The molecule has 2 heteroatoms. The van der Waals surface area contributed by atoms with Gasteiger partial charge in [0, 0.05) is 22.6 Å². The second-order valence-corrected chi connectivity index (χ2v) is 4.26. The second kappa shape index (κ2) is 3.54. The smallest absolute Gasteiger partial charge is 0.0384 e. The fourth-order valence-electron chi connectivity index (χ4n) is 1.28. The maximum atomic E-state index is 4.09. The molecule has 1 heterocycles. The first kappa shape index (κ1) is 8.20. The largest absolute Gasteiger partial charge is 0.264 e. The van der Waals surface area contributed by atoms with Crippen molar-refractivity contribution in [2.75, 3.05) is 0 Å². The average Bonchev–Trinajstić information content (AvgIpc) is 2.20. The Morgan fingerprint density at radius 2 is 1.69 bits per heavy atom. The van der Waals surface area contributed by atoms with Crippen LogP contribution >= 0.6 is 0 Å². The summed E-state index contributed by atoms with van der Waals surface area (Å²) in [5, 5.41) is 1.42. The van der Waals surface area contributed by atoms with E-state index in [1.165, 1.54) is 16.3 Å². The number of hydrogen-bond donors (Lipinski definition) is 0. The monoisotopic (exact) mass is 185 g/mol. The summed E-state index contributed by atoms with van der Waals surface area (Å²) in [6, 6.07) is 12.7. The molecule has 1 nitrogen and oxygen atoms in total. The van der Waals surface area contributed by atoms with Gasteiger partial charge in [0.2, 0.25) is 0 Å². The van der Waals surface area contributed by atoms with Crippen LogP contribution in [0, 0.1) is 0 Å². The molecule has 13 heavy (non-hydrogen) atoms. The fourth-order valence-corrected chi connectivity index (χ4v) is 1.61. The summed E-state index contributed by atoms with van der Waals surface area (Å²) < 4.78 is 0. The molecule has 0 bridgehead atoms. The molecule has 0 aliphatic carbocycles. The van der Waals surface area contributed by atoms with Crippen LogP contribution in [0.1, 0.15) is 0 Å². The van der Waals surface area contributed by atoms with E-state index in [0.29, 0.717) is 0 Å². The maximum absolute atomic E-state index is 4.09. The van der Waals surface area contributed by atoms with Crippen LogP contribution in [0.5, 0.6) is 0 Å². The van der Waals surface area contributed by atoms with Crippen molar-refractivity contribution in [2.45, 2.75) is 0 Å². The fraction of sp³-hybridized carbons (Fsp3) is 0. The van der Waals surface area contributed by atoms with Gasteiger partial charge in [0.25, 0.3) is 0 Å². The molecule has 0 atom stereocenters. The second-order valence-electron chi connectivity index (χ2n) is 3.11. The van der Waals surface area contributed by atoms with Crippen LogP contribution in [0.15, 0.2) is 48.8 Å². The van der Waals surface area contributed by atoms with Crippen molar-refractivity contribution in [1.29, 1.82) is 0 Å². The molecule has 0 N–H and O–H groups in total. The predicted molar refractivity (Wildman–Crippen MR) is 59.2 cm³/mol. The van der Waals surface area contributed by atoms with Crippen LogP contribution in [-0.4, -0.2) is 15.2 Å². The van der Waals surface area contributed by atoms with Crippen molar-refractivity contribution in [2.24, 2.45) is 0 Å². The molecule has 1 aromatic heterocycles. The van der Waals surface area contributed by atoms with Gasteiger partial charge in [-0.1, -0.05) is 35.5 Å². The first-order chi connectivity index (χ1) is 6.36. The van der Waals surface area contributed by atoms with Crippen LogP contribution in [0.25, 0.3) is 11.1 Å². The quantitative estimate of drug-likeness (QED) is 0.597. The van der Waals surface area contributed by atoms with Crippen molar-refractivity contribution in [3.8, 4) is 11.1 Å². The predicted octanol–water partition coefficient (Wildman–Crippen LogP) is 0.739. The zero-order valence-corrected chi connectivity index (χ0v) is 9.57. The van der Waals surface area contributed by atoms with Gasteiger partial charge in [0.05, 0.1) is 0 Å². The van der Waals surface area contributed by atoms with Crippen molar-refractivity contribution in [3.05, 3.63) is 48.8 Å². The van der Waals surface area contributed by atoms with Crippen molar-refractivity contribution in [1.82, 2.24) is 4.98 Å². The topological polar surface area (TPSA) is 12.9 Å². The summed E-state index contributed by atoms with van der Waals surface area (Å²) >= 11 is 0. The lowest BCUT2D eigenvalue weighted by atomic mass is 10.1. The summed E-state index contributed by atoms with van der Waals surface area (Å²) in [6.07, 6.45) is 3.69. The van der Waals surface area contributed by atoms with Crippen LogP contribution in [0.4, 0.5) is 0 Å². The normalized spacial score (nSPS) is 10.2. The van der Waals surface area contributed by atoms with E-state index in [1.807, 2.05) is 12.3 Å². The molecule has 1 aromatic carbocycles. The lowest BCUT2D eigenvalue weighted by Crippen LogP contribution is -1.99. The van der Waals surface area contributed by atoms with E-state index in [4.69, 9.17) is 0 Å². The first-order valence-electron chi connectivity index (χ1n) is 4.33. The average molecular weight is 185 g/mol. The molecule has 2 rings (SSSR count). The Hall–Kier alpha value is -1.41. The summed E-state index contributed by atoms with van der Waals surface area (Å²) in [5.41, 5.74) is 2.43. The van der Waals surface area contributed by atoms with Gasteiger partial charge in [-0.05, 0) is 17.2 Å². The highest BCUT2D eigenvalue weighted by Crippen LogP contribution is 2.15. The number of benzene rings is 1. The van der Waals surface area contributed by atoms with Gasteiger partial charge in [0.1, 0.15) is 0 Å². The van der Waals surface area contributed by atoms with Crippen molar-refractivity contribution in [3.63, 3.8) is 0 Å². The van der Waals surface area contributed by atoms with Gasteiger partial charge in [0.15, 0.2) is 0 Å². The summed E-state index contributed by atoms with van der Waals surface area (Å²) in [4.78, 5) is 4.09. The number of pyridine rings is 1. The van der Waals surface area contributed by atoms with Gasteiger partial charge >= 0.3 is 0 Å². The summed E-state index contributed by atoms with van der Waals surface area (Å²) in [7, 11) is 1.12. The van der Waals surface area contributed by atoms with Gasteiger partial charge < -0.3 is 0 Å². The standard InChI is InChI=1S/C11H11NSi/c13-11-5-3-9(4-6-11)10-2-1-7-12-8-10/h1-8H,13H3. The summed E-state index contributed by atoms with van der Waals surface area (Å²) in [5.74, 6) is 0. The van der Waals surface area contributed by atoms with Crippen LogP contribution in [0.3, 0.4) is 0 Å². The van der Waals surface area contributed by atoms with E-state index in [-0.39, 0.29) is 0 Å². The van der Waals surface area contributed by atoms with Gasteiger partial charge in [-0.25, -0.2) is 0 Å². The zero-order valence-electron chi connectivity index (χ0n) is 7.57. The maximum Gasteiger partial charge on any atom is 0.0384 e. The van der Waals surface area contributed by atoms with Crippen molar-refractivity contribution < 1.29 is 0 Å². The molecule has 0 radical (unpaired) electrons. The minimum atomic E-state index is 1.12. The third-order valence-electron chi connectivity index (χ3n) is 2.05. The third-order valence-corrected chi connectivity index (χ3v) is 2.71. The Bertz CT molecular complexity index is 381. The van der Waals surface area contributed by atoms with E-state index in [0.717, 1.165) is 10.2 Å². The molecule has 0 fully saturated rings. The minimum absolute atomic E-state index is 1.12. The Morgan fingerprint density at radius 3 is 2.31 bits per heavy atom. The molecule has 0 saturated heterocycles. The molecular formula is C11H11NSi. The molecule has 2 aromatic rings. The molecule has 0 spiro atoms. The summed E-state index contributed by atoms with van der Waals surface area (Å²) in [6.45, 7) is 0. The molecule has 64 valence electrons. The van der Waals surface area contributed by atoms with E-state index in [9.17, 15) is 0 Å². The number of rotatable bonds is 1. The number of nitrogens with zero attached hydrogens (tertiary/aromatic N) is 1. The highest BCUT2D eigenvalue weighted by molar-refractivity contribution is 6.32.